The second-order valence-corrected chi connectivity index (χ2v) is 8.34. The van der Waals surface area contributed by atoms with E-state index in [-0.39, 0.29) is 5.54 Å². The molecule has 0 N–H and O–H groups in total. The molecule has 6 nitrogen and oxygen atoms in total. The predicted molar refractivity (Wildman–Crippen MR) is 81.2 cm³/mol. The van der Waals surface area contributed by atoms with Gasteiger partial charge in [-0.1, -0.05) is 0 Å². The monoisotopic (exact) mass is 312 g/mol. The van der Waals surface area contributed by atoms with E-state index in [2.05, 4.69) is 9.88 Å². The molecule has 2 fully saturated rings. The Morgan fingerprint density at radius 2 is 2.00 bits per heavy atom. The third kappa shape index (κ3) is 2.86. The minimum Gasteiger partial charge on any atom is -0.337 e. The molecular weight excluding hydrogens is 288 g/mol. The van der Waals surface area contributed by atoms with Crippen molar-refractivity contribution in [1.82, 2.24) is 18.8 Å². The lowest BCUT2D eigenvalue weighted by atomic mass is 9.87. The first-order chi connectivity index (χ1) is 9.91. The van der Waals surface area contributed by atoms with Gasteiger partial charge in [0.05, 0.1) is 12.8 Å². The Bertz CT molecular complexity index is 612. The van der Waals surface area contributed by atoms with Gasteiger partial charge in [-0.3, -0.25) is 4.90 Å². The molecule has 0 bridgehead atoms. The van der Waals surface area contributed by atoms with Crippen molar-refractivity contribution in [3.05, 3.63) is 18.2 Å². The van der Waals surface area contributed by atoms with E-state index in [0.29, 0.717) is 6.54 Å². The van der Waals surface area contributed by atoms with Crippen molar-refractivity contribution < 1.29 is 8.42 Å². The average Bonchev–Trinajstić information content (AvgIpc) is 2.97. The topological polar surface area (TPSA) is 58.4 Å². The summed E-state index contributed by atoms with van der Waals surface area (Å²) >= 11 is 0. The minimum absolute atomic E-state index is 0.184. The molecule has 3 heterocycles. The molecular formula is C14H24N4O2S. The summed E-state index contributed by atoms with van der Waals surface area (Å²) in [5.41, 5.74) is -0.184. The van der Waals surface area contributed by atoms with Crippen LogP contribution in [0, 0.1) is 0 Å². The smallest absolute Gasteiger partial charge is 0.211 e. The number of piperidine rings is 1. The number of aromatic nitrogens is 2. The largest absolute Gasteiger partial charge is 0.337 e. The van der Waals surface area contributed by atoms with Gasteiger partial charge in [-0.25, -0.2) is 13.4 Å². The van der Waals surface area contributed by atoms with Crippen LogP contribution >= 0.6 is 0 Å². The van der Waals surface area contributed by atoms with Gasteiger partial charge in [-0.05, 0) is 32.2 Å². The van der Waals surface area contributed by atoms with E-state index in [0.717, 1.165) is 51.1 Å². The van der Waals surface area contributed by atoms with Crippen LogP contribution in [0.4, 0.5) is 0 Å². The summed E-state index contributed by atoms with van der Waals surface area (Å²) in [6.07, 6.45) is 9.10. The average molecular weight is 312 g/mol. The number of sulfonamides is 1. The SMILES string of the molecule is Cn1ccnc1CN1CCCC2(CCCN2S(C)(=O)=O)C1. The molecule has 21 heavy (non-hydrogen) atoms. The van der Waals surface area contributed by atoms with Gasteiger partial charge in [0, 0.05) is 38.1 Å². The van der Waals surface area contributed by atoms with Gasteiger partial charge in [0.1, 0.15) is 5.82 Å². The Morgan fingerprint density at radius 3 is 2.62 bits per heavy atom. The van der Waals surface area contributed by atoms with Crippen LogP contribution in [-0.2, 0) is 23.6 Å². The van der Waals surface area contributed by atoms with Gasteiger partial charge in [0.2, 0.25) is 10.0 Å². The molecule has 2 aliphatic rings. The molecule has 0 aromatic carbocycles. The first-order valence-corrected chi connectivity index (χ1v) is 9.42. The molecule has 1 spiro atoms. The van der Waals surface area contributed by atoms with E-state index in [1.807, 2.05) is 24.0 Å². The summed E-state index contributed by atoms with van der Waals surface area (Å²) in [5, 5.41) is 0. The molecule has 0 saturated carbocycles. The Morgan fingerprint density at radius 1 is 1.29 bits per heavy atom. The molecule has 7 heteroatoms. The normalized spacial score (nSPS) is 28.5. The van der Waals surface area contributed by atoms with Crippen molar-refractivity contribution in [2.45, 2.75) is 37.8 Å². The van der Waals surface area contributed by atoms with Gasteiger partial charge >= 0.3 is 0 Å². The van der Waals surface area contributed by atoms with Crippen molar-refractivity contribution >= 4 is 10.0 Å². The molecule has 1 aromatic rings. The van der Waals surface area contributed by atoms with Crippen molar-refractivity contribution in [1.29, 1.82) is 0 Å². The minimum atomic E-state index is -3.12. The number of hydrogen-bond acceptors (Lipinski definition) is 4. The fourth-order valence-corrected chi connectivity index (χ4v) is 5.33. The molecule has 0 amide bonds. The van der Waals surface area contributed by atoms with Gasteiger partial charge in [0.25, 0.3) is 0 Å². The Kier molecular flexibility index (Phi) is 3.83. The Labute approximate surface area is 126 Å². The molecule has 0 aliphatic carbocycles. The van der Waals surface area contributed by atoms with Crippen LogP contribution < -0.4 is 0 Å². The van der Waals surface area contributed by atoms with E-state index < -0.39 is 10.0 Å². The Hall–Kier alpha value is -0.920. The standard InChI is InChI=1S/C14H24N4O2S/c1-16-10-7-15-13(16)11-17-8-3-5-14(12-17)6-4-9-18(14)21(2,19)20/h7,10H,3-6,8-9,11-12H2,1-2H3. The molecule has 0 radical (unpaired) electrons. The first-order valence-electron chi connectivity index (χ1n) is 7.57. The lowest BCUT2D eigenvalue weighted by Gasteiger charge is -2.44. The highest BCUT2D eigenvalue weighted by Crippen LogP contribution is 2.39. The maximum atomic E-state index is 12.1. The number of rotatable bonds is 3. The third-order valence-corrected chi connectivity index (χ3v) is 6.22. The number of nitrogens with zero attached hydrogens (tertiary/aromatic N) is 4. The van der Waals surface area contributed by atoms with Gasteiger partial charge in [-0.15, -0.1) is 0 Å². The molecule has 3 rings (SSSR count). The summed E-state index contributed by atoms with van der Waals surface area (Å²) in [4.78, 5) is 6.74. The molecule has 1 atom stereocenters. The quantitative estimate of drug-likeness (QED) is 0.829. The summed E-state index contributed by atoms with van der Waals surface area (Å²) in [7, 11) is -1.12. The van der Waals surface area contributed by atoms with Crippen LogP contribution in [0.2, 0.25) is 0 Å². The summed E-state index contributed by atoms with van der Waals surface area (Å²) in [6.45, 7) is 3.32. The first kappa shape index (κ1) is 15.0. The highest BCUT2D eigenvalue weighted by Gasteiger charge is 2.47. The van der Waals surface area contributed by atoms with E-state index in [9.17, 15) is 8.42 Å². The van der Waals surface area contributed by atoms with Crippen molar-refractivity contribution in [2.75, 3.05) is 25.9 Å². The van der Waals surface area contributed by atoms with Crippen LogP contribution in [0.5, 0.6) is 0 Å². The van der Waals surface area contributed by atoms with E-state index >= 15 is 0 Å². The van der Waals surface area contributed by atoms with Crippen LogP contribution in [-0.4, -0.2) is 58.6 Å². The second-order valence-electron chi connectivity index (χ2n) is 6.43. The zero-order chi connectivity index (χ0) is 15.1. The third-order valence-electron chi connectivity index (χ3n) is 4.85. The van der Waals surface area contributed by atoms with Crippen molar-refractivity contribution in [3.63, 3.8) is 0 Å². The number of hydrogen-bond donors (Lipinski definition) is 0. The molecule has 1 unspecified atom stereocenters. The van der Waals surface area contributed by atoms with E-state index in [4.69, 9.17) is 0 Å². The zero-order valence-electron chi connectivity index (χ0n) is 12.8. The zero-order valence-corrected chi connectivity index (χ0v) is 13.6. The second kappa shape index (κ2) is 5.37. The summed E-state index contributed by atoms with van der Waals surface area (Å²) in [5.74, 6) is 1.04. The van der Waals surface area contributed by atoms with Crippen molar-refractivity contribution in [3.8, 4) is 0 Å². The van der Waals surface area contributed by atoms with Crippen LogP contribution in [0.15, 0.2) is 12.4 Å². The van der Waals surface area contributed by atoms with E-state index in [1.54, 1.807) is 4.31 Å². The fraction of sp³-hybridized carbons (Fsp3) is 0.786. The predicted octanol–water partition coefficient (Wildman–Crippen LogP) is 0.810. The fourth-order valence-electron chi connectivity index (χ4n) is 3.93. The molecule has 1 aromatic heterocycles. The van der Waals surface area contributed by atoms with E-state index in [1.165, 1.54) is 6.26 Å². The lowest BCUT2D eigenvalue weighted by molar-refractivity contribution is 0.0818. The molecule has 2 saturated heterocycles. The Balaban J connectivity index is 1.77. The molecule has 118 valence electrons. The van der Waals surface area contributed by atoms with Gasteiger partial charge in [0.15, 0.2) is 0 Å². The van der Waals surface area contributed by atoms with Crippen LogP contribution in [0.25, 0.3) is 0 Å². The maximum Gasteiger partial charge on any atom is 0.211 e. The molecule has 2 aliphatic heterocycles. The lowest BCUT2D eigenvalue weighted by Crippen LogP contribution is -2.56. The number of aryl methyl sites for hydroxylation is 1. The summed E-state index contributed by atoms with van der Waals surface area (Å²) < 4.78 is 27.9. The highest BCUT2D eigenvalue weighted by atomic mass is 32.2. The maximum absolute atomic E-state index is 12.1. The number of imidazole rings is 1. The number of likely N-dealkylation sites (tertiary alicyclic amines) is 1. The van der Waals surface area contributed by atoms with Gasteiger partial charge in [-0.2, -0.15) is 4.31 Å². The summed E-state index contributed by atoms with van der Waals surface area (Å²) in [6, 6.07) is 0. The van der Waals surface area contributed by atoms with Crippen LogP contribution in [0.1, 0.15) is 31.5 Å². The highest BCUT2D eigenvalue weighted by molar-refractivity contribution is 7.88. The van der Waals surface area contributed by atoms with Gasteiger partial charge < -0.3 is 4.57 Å². The van der Waals surface area contributed by atoms with Crippen LogP contribution in [0.3, 0.4) is 0 Å². The van der Waals surface area contributed by atoms with Crippen molar-refractivity contribution in [2.24, 2.45) is 7.05 Å².